The number of nitrogens with zero attached hydrogens (tertiary/aromatic N) is 1. The van der Waals surface area contributed by atoms with Crippen LogP contribution in [0.1, 0.15) is 58.3 Å². The van der Waals surface area contributed by atoms with Crippen molar-refractivity contribution in [3.63, 3.8) is 0 Å². The molecule has 2 N–H and O–H groups in total. The van der Waals surface area contributed by atoms with Crippen molar-refractivity contribution in [2.75, 3.05) is 13.6 Å². The molecule has 4 atom stereocenters. The van der Waals surface area contributed by atoms with Gasteiger partial charge in [-0.2, -0.15) is 0 Å². The van der Waals surface area contributed by atoms with Crippen LogP contribution in [-0.2, 0) is 4.79 Å². The number of hydrogen-bond donors (Lipinski definition) is 1. The van der Waals surface area contributed by atoms with Crippen LogP contribution >= 0.6 is 0 Å². The molecule has 19 heavy (non-hydrogen) atoms. The summed E-state index contributed by atoms with van der Waals surface area (Å²) in [6.45, 7) is 3.06. The van der Waals surface area contributed by atoms with Crippen molar-refractivity contribution in [3.05, 3.63) is 0 Å². The second-order valence-corrected chi connectivity index (χ2v) is 6.84. The molecule has 2 aliphatic rings. The number of carbonyl (C=O) groups is 1. The van der Waals surface area contributed by atoms with Crippen LogP contribution in [0, 0.1) is 17.8 Å². The standard InChI is InChI=1S/C16H30N2O/c1-12-5-3-8-15(9-12)18(2)16(19)14-7-4-6-13(10-14)11-17/h12-15H,3-11,17H2,1-2H3. The first-order chi connectivity index (χ1) is 9.11. The van der Waals surface area contributed by atoms with E-state index in [-0.39, 0.29) is 5.92 Å². The van der Waals surface area contributed by atoms with E-state index >= 15 is 0 Å². The lowest BCUT2D eigenvalue weighted by Crippen LogP contribution is -2.44. The quantitative estimate of drug-likeness (QED) is 0.854. The molecule has 0 radical (unpaired) electrons. The molecule has 0 saturated heterocycles. The molecule has 0 aromatic heterocycles. The molecule has 2 aliphatic carbocycles. The van der Waals surface area contributed by atoms with Crippen LogP contribution in [0.2, 0.25) is 0 Å². The summed E-state index contributed by atoms with van der Waals surface area (Å²) in [6, 6.07) is 0.481. The second kappa shape index (κ2) is 6.74. The number of rotatable bonds is 3. The minimum atomic E-state index is 0.240. The van der Waals surface area contributed by atoms with Gasteiger partial charge in [0.05, 0.1) is 0 Å². The van der Waals surface area contributed by atoms with Gasteiger partial charge in [0.1, 0.15) is 0 Å². The highest BCUT2D eigenvalue weighted by molar-refractivity contribution is 5.79. The Morgan fingerprint density at radius 1 is 1.16 bits per heavy atom. The van der Waals surface area contributed by atoms with Crippen LogP contribution in [0.4, 0.5) is 0 Å². The normalized spacial score (nSPS) is 35.9. The highest BCUT2D eigenvalue weighted by atomic mass is 16.2. The van der Waals surface area contributed by atoms with Gasteiger partial charge >= 0.3 is 0 Å². The van der Waals surface area contributed by atoms with E-state index in [1.165, 1.54) is 38.5 Å². The molecular weight excluding hydrogens is 236 g/mol. The second-order valence-electron chi connectivity index (χ2n) is 6.84. The fourth-order valence-corrected chi connectivity index (χ4v) is 3.95. The Bertz CT molecular complexity index is 305. The molecule has 0 aromatic rings. The zero-order valence-corrected chi connectivity index (χ0v) is 12.6. The van der Waals surface area contributed by atoms with Crippen molar-refractivity contribution in [2.45, 2.75) is 64.3 Å². The van der Waals surface area contributed by atoms with Crippen molar-refractivity contribution in [1.82, 2.24) is 4.90 Å². The zero-order valence-electron chi connectivity index (χ0n) is 12.6. The molecule has 2 fully saturated rings. The summed E-state index contributed by atoms with van der Waals surface area (Å²) < 4.78 is 0. The predicted octanol–water partition coefficient (Wildman–Crippen LogP) is 2.79. The van der Waals surface area contributed by atoms with E-state index in [0.29, 0.717) is 17.9 Å². The van der Waals surface area contributed by atoms with Crippen LogP contribution in [0.5, 0.6) is 0 Å². The fraction of sp³-hybridized carbons (Fsp3) is 0.938. The third kappa shape index (κ3) is 3.71. The minimum Gasteiger partial charge on any atom is -0.343 e. The first-order valence-corrected chi connectivity index (χ1v) is 8.08. The van der Waals surface area contributed by atoms with Crippen molar-refractivity contribution in [1.29, 1.82) is 0 Å². The topological polar surface area (TPSA) is 46.3 Å². The molecule has 2 saturated carbocycles. The van der Waals surface area contributed by atoms with Crippen molar-refractivity contribution < 1.29 is 4.79 Å². The molecule has 3 nitrogen and oxygen atoms in total. The molecule has 4 unspecified atom stereocenters. The van der Waals surface area contributed by atoms with Gasteiger partial charge < -0.3 is 10.6 Å². The zero-order chi connectivity index (χ0) is 13.8. The maximum Gasteiger partial charge on any atom is 0.225 e. The molecular formula is C16H30N2O. The minimum absolute atomic E-state index is 0.240. The van der Waals surface area contributed by atoms with Crippen molar-refractivity contribution >= 4 is 5.91 Å². The molecule has 0 aliphatic heterocycles. The maximum atomic E-state index is 12.7. The average molecular weight is 266 g/mol. The van der Waals surface area contributed by atoms with Gasteiger partial charge in [0.2, 0.25) is 5.91 Å². The Labute approximate surface area is 117 Å². The Hall–Kier alpha value is -0.570. The molecule has 1 amide bonds. The SMILES string of the molecule is CC1CCCC(N(C)C(=O)C2CCCC(CN)C2)C1. The Morgan fingerprint density at radius 3 is 2.58 bits per heavy atom. The van der Waals surface area contributed by atoms with Gasteiger partial charge in [-0.15, -0.1) is 0 Å². The third-order valence-electron chi connectivity index (χ3n) is 5.27. The summed E-state index contributed by atoms with van der Waals surface area (Å²) in [6.07, 6.45) is 9.47. The number of nitrogens with two attached hydrogens (primary N) is 1. The van der Waals surface area contributed by atoms with Crippen LogP contribution in [0.15, 0.2) is 0 Å². The largest absolute Gasteiger partial charge is 0.343 e. The predicted molar refractivity (Wildman–Crippen MR) is 78.7 cm³/mol. The van der Waals surface area contributed by atoms with Crippen molar-refractivity contribution in [3.8, 4) is 0 Å². The summed E-state index contributed by atoms with van der Waals surface area (Å²) in [5.74, 6) is 1.97. The van der Waals surface area contributed by atoms with Crippen LogP contribution < -0.4 is 5.73 Å². The summed E-state index contributed by atoms with van der Waals surface area (Å²) in [5.41, 5.74) is 5.78. The lowest BCUT2D eigenvalue weighted by molar-refractivity contribution is -0.138. The van der Waals surface area contributed by atoms with Gasteiger partial charge in [-0.25, -0.2) is 0 Å². The van der Waals surface area contributed by atoms with E-state index in [2.05, 4.69) is 11.8 Å². The molecule has 3 heteroatoms. The maximum absolute atomic E-state index is 12.7. The van der Waals surface area contributed by atoms with Gasteiger partial charge in [-0.1, -0.05) is 26.2 Å². The van der Waals surface area contributed by atoms with Gasteiger partial charge in [-0.3, -0.25) is 4.79 Å². The fourth-order valence-electron chi connectivity index (χ4n) is 3.95. The Kier molecular flexibility index (Phi) is 5.26. The summed E-state index contributed by atoms with van der Waals surface area (Å²) >= 11 is 0. The molecule has 0 aromatic carbocycles. The number of amides is 1. The lowest BCUT2D eigenvalue weighted by atomic mass is 9.80. The summed E-state index contributed by atoms with van der Waals surface area (Å²) in [7, 11) is 2.02. The van der Waals surface area contributed by atoms with Crippen LogP contribution in [0.3, 0.4) is 0 Å². The number of hydrogen-bond acceptors (Lipinski definition) is 2. The first-order valence-electron chi connectivity index (χ1n) is 8.08. The molecule has 2 rings (SSSR count). The Balaban J connectivity index is 1.90. The summed E-state index contributed by atoms with van der Waals surface area (Å²) in [5, 5.41) is 0. The molecule has 0 bridgehead atoms. The highest BCUT2D eigenvalue weighted by Crippen LogP contribution is 2.32. The van der Waals surface area contributed by atoms with E-state index in [9.17, 15) is 4.79 Å². The van der Waals surface area contributed by atoms with Gasteiger partial charge in [-0.05, 0) is 50.5 Å². The molecule has 0 heterocycles. The van der Waals surface area contributed by atoms with E-state index in [4.69, 9.17) is 5.73 Å². The van der Waals surface area contributed by atoms with E-state index in [0.717, 1.165) is 25.3 Å². The molecule has 110 valence electrons. The van der Waals surface area contributed by atoms with E-state index in [1.807, 2.05) is 7.05 Å². The summed E-state index contributed by atoms with van der Waals surface area (Å²) in [4.78, 5) is 14.7. The first kappa shape index (κ1) is 14.8. The number of carbonyl (C=O) groups excluding carboxylic acids is 1. The molecule has 0 spiro atoms. The van der Waals surface area contributed by atoms with Crippen LogP contribution in [0.25, 0.3) is 0 Å². The van der Waals surface area contributed by atoms with Crippen molar-refractivity contribution in [2.24, 2.45) is 23.5 Å². The Morgan fingerprint density at radius 2 is 1.89 bits per heavy atom. The van der Waals surface area contributed by atoms with Gasteiger partial charge in [0, 0.05) is 19.0 Å². The van der Waals surface area contributed by atoms with E-state index < -0.39 is 0 Å². The van der Waals surface area contributed by atoms with Gasteiger partial charge in [0.15, 0.2) is 0 Å². The highest BCUT2D eigenvalue weighted by Gasteiger charge is 2.32. The lowest BCUT2D eigenvalue weighted by Gasteiger charge is -2.37. The monoisotopic (exact) mass is 266 g/mol. The van der Waals surface area contributed by atoms with Crippen LogP contribution in [-0.4, -0.2) is 30.4 Å². The van der Waals surface area contributed by atoms with E-state index in [1.54, 1.807) is 0 Å². The van der Waals surface area contributed by atoms with Gasteiger partial charge in [0.25, 0.3) is 0 Å². The smallest absolute Gasteiger partial charge is 0.225 e. The third-order valence-corrected chi connectivity index (χ3v) is 5.27. The average Bonchev–Trinajstić information content (AvgIpc) is 2.45.